The van der Waals surface area contributed by atoms with E-state index in [0.717, 1.165) is 26.1 Å². The van der Waals surface area contributed by atoms with Crippen LogP contribution in [0.3, 0.4) is 0 Å². The second-order valence-corrected chi connectivity index (χ2v) is 3.60. The van der Waals surface area contributed by atoms with E-state index in [1.807, 2.05) is 25.9 Å². The molecule has 0 spiro atoms. The van der Waals surface area contributed by atoms with Gasteiger partial charge in [-0.15, -0.1) is 0 Å². The topological polar surface area (TPSA) is 94.7 Å². The molecule has 0 aromatic heterocycles. The predicted molar refractivity (Wildman–Crippen MR) is 64.0 cm³/mol. The van der Waals surface area contributed by atoms with Crippen LogP contribution in [0.4, 0.5) is 0 Å². The summed E-state index contributed by atoms with van der Waals surface area (Å²) in [6, 6.07) is 0. The molecule has 0 bridgehead atoms. The molecular weight excluding hydrogens is 192 g/mol. The Morgan fingerprint density at radius 3 is 2.27 bits per heavy atom. The number of nitrogens with one attached hydrogen (secondary N) is 1. The third-order valence-corrected chi connectivity index (χ3v) is 1.95. The summed E-state index contributed by atoms with van der Waals surface area (Å²) < 4.78 is 0. The second kappa shape index (κ2) is 7.05. The van der Waals surface area contributed by atoms with Gasteiger partial charge in [-0.1, -0.05) is 0 Å². The first-order valence-corrected chi connectivity index (χ1v) is 5.05. The molecule has 0 aromatic carbocycles. The molecule has 5 N–H and O–H groups in total. The maximum atomic E-state index is 7.63. The molecule has 0 radical (unpaired) electrons. The van der Waals surface area contributed by atoms with Crippen molar-refractivity contribution in [3.8, 4) is 0 Å². The van der Waals surface area contributed by atoms with Crippen LogP contribution in [0.15, 0.2) is 4.99 Å². The highest BCUT2D eigenvalue weighted by Crippen LogP contribution is 1.95. The van der Waals surface area contributed by atoms with Crippen LogP contribution in [0.2, 0.25) is 0 Å². The van der Waals surface area contributed by atoms with Crippen molar-refractivity contribution in [2.24, 2.45) is 16.5 Å². The van der Waals surface area contributed by atoms with Crippen molar-refractivity contribution in [2.75, 3.05) is 33.7 Å². The number of hydrogen-bond donors (Lipinski definition) is 3. The van der Waals surface area contributed by atoms with E-state index in [2.05, 4.69) is 9.89 Å². The Morgan fingerprint density at radius 1 is 1.27 bits per heavy atom. The fourth-order valence-corrected chi connectivity index (χ4v) is 1.18. The van der Waals surface area contributed by atoms with Crippen molar-refractivity contribution < 1.29 is 0 Å². The van der Waals surface area contributed by atoms with Crippen LogP contribution in [0.25, 0.3) is 0 Å². The van der Waals surface area contributed by atoms with Gasteiger partial charge in [0.25, 0.3) is 0 Å². The molecule has 0 saturated carbocycles. The zero-order valence-electron chi connectivity index (χ0n) is 9.82. The van der Waals surface area contributed by atoms with E-state index in [0.29, 0.717) is 0 Å². The zero-order chi connectivity index (χ0) is 11.8. The molecule has 88 valence electrons. The lowest BCUT2D eigenvalue weighted by atomic mass is 10.3. The smallest absolute Gasteiger partial charge is 0.220 e. The van der Waals surface area contributed by atoms with Crippen molar-refractivity contribution >= 4 is 11.9 Å². The Labute approximate surface area is 91.4 Å². The maximum absolute atomic E-state index is 7.63. The van der Waals surface area contributed by atoms with Gasteiger partial charge in [-0.25, -0.2) is 0 Å². The highest BCUT2D eigenvalue weighted by molar-refractivity contribution is 5.91. The molecule has 6 heteroatoms. The first kappa shape index (κ1) is 13.7. The molecule has 0 saturated heterocycles. The van der Waals surface area contributed by atoms with Crippen LogP contribution in [0.5, 0.6) is 0 Å². The number of nitrogens with two attached hydrogens (primary N) is 2. The molecule has 6 nitrogen and oxygen atoms in total. The maximum Gasteiger partial charge on any atom is 0.220 e. The lowest BCUT2D eigenvalue weighted by molar-refractivity contribution is 0.352. The SMILES string of the molecule is CCN(CCCN(C)C)C(=N)N=C(N)N. The van der Waals surface area contributed by atoms with Gasteiger partial charge in [0.05, 0.1) is 0 Å². The van der Waals surface area contributed by atoms with Gasteiger partial charge in [0.2, 0.25) is 5.96 Å². The fraction of sp³-hybridized carbons (Fsp3) is 0.778. The molecular formula is C9H22N6. The number of guanidine groups is 2. The van der Waals surface area contributed by atoms with Crippen molar-refractivity contribution in [3.05, 3.63) is 0 Å². The highest BCUT2D eigenvalue weighted by Gasteiger charge is 2.06. The van der Waals surface area contributed by atoms with Gasteiger partial charge in [0.1, 0.15) is 0 Å². The Morgan fingerprint density at radius 2 is 1.87 bits per heavy atom. The minimum Gasteiger partial charge on any atom is -0.370 e. The summed E-state index contributed by atoms with van der Waals surface area (Å²) in [6.07, 6.45) is 0.989. The number of nitrogens with zero attached hydrogens (tertiary/aromatic N) is 3. The molecule has 0 fully saturated rings. The average Bonchev–Trinajstić information content (AvgIpc) is 2.10. The molecule has 0 aliphatic carbocycles. The Bertz CT molecular complexity index is 219. The van der Waals surface area contributed by atoms with Gasteiger partial charge >= 0.3 is 0 Å². The van der Waals surface area contributed by atoms with E-state index in [1.165, 1.54) is 0 Å². The molecule has 0 aliphatic rings. The first-order chi connectivity index (χ1) is 6.97. The lowest BCUT2D eigenvalue weighted by Gasteiger charge is -2.21. The average molecular weight is 214 g/mol. The largest absolute Gasteiger partial charge is 0.370 e. The van der Waals surface area contributed by atoms with Gasteiger partial charge in [-0.2, -0.15) is 4.99 Å². The molecule has 0 aliphatic heterocycles. The van der Waals surface area contributed by atoms with E-state index < -0.39 is 0 Å². The Kier molecular flexibility index (Phi) is 6.44. The van der Waals surface area contributed by atoms with Crippen molar-refractivity contribution in [2.45, 2.75) is 13.3 Å². The van der Waals surface area contributed by atoms with Crippen LogP contribution < -0.4 is 11.5 Å². The summed E-state index contributed by atoms with van der Waals surface area (Å²) in [5, 5.41) is 7.63. The normalized spacial score (nSPS) is 10.1. The molecule has 0 aromatic rings. The van der Waals surface area contributed by atoms with E-state index >= 15 is 0 Å². The number of hydrogen-bond acceptors (Lipinski definition) is 2. The predicted octanol–water partition coefficient (Wildman–Crippen LogP) is -0.532. The third-order valence-electron chi connectivity index (χ3n) is 1.95. The standard InChI is InChI=1S/C9H22N6/c1-4-15(7-5-6-14(2)3)9(12)13-8(10)11/h4-7H2,1-3H3,(H5,10,11,12,13). The minimum absolute atomic E-state index is 0.0638. The van der Waals surface area contributed by atoms with Crippen LogP contribution in [0, 0.1) is 5.41 Å². The van der Waals surface area contributed by atoms with Gasteiger partial charge < -0.3 is 21.3 Å². The summed E-state index contributed by atoms with van der Waals surface area (Å²) in [7, 11) is 4.05. The third kappa shape index (κ3) is 6.73. The summed E-state index contributed by atoms with van der Waals surface area (Å²) in [5.74, 6) is 0.0716. The van der Waals surface area contributed by atoms with Gasteiger partial charge in [0.15, 0.2) is 5.96 Å². The Hall–Kier alpha value is -1.30. The summed E-state index contributed by atoms with van der Waals surface area (Å²) in [5.41, 5.74) is 10.4. The molecule has 0 unspecified atom stereocenters. The molecule has 0 rings (SSSR count). The second-order valence-electron chi connectivity index (χ2n) is 3.60. The molecule has 0 heterocycles. The zero-order valence-corrected chi connectivity index (χ0v) is 9.82. The number of aliphatic imine (C=N–C) groups is 1. The van der Waals surface area contributed by atoms with E-state index in [1.54, 1.807) is 0 Å². The molecule has 0 atom stereocenters. The Balaban J connectivity index is 4.02. The fourth-order valence-electron chi connectivity index (χ4n) is 1.18. The van der Waals surface area contributed by atoms with Gasteiger partial charge in [0, 0.05) is 13.1 Å². The van der Waals surface area contributed by atoms with Gasteiger partial charge in [-0.3, -0.25) is 5.41 Å². The lowest BCUT2D eigenvalue weighted by Crippen LogP contribution is -2.34. The summed E-state index contributed by atoms with van der Waals surface area (Å²) >= 11 is 0. The van der Waals surface area contributed by atoms with E-state index in [9.17, 15) is 0 Å². The van der Waals surface area contributed by atoms with Crippen LogP contribution in [0.1, 0.15) is 13.3 Å². The molecule has 15 heavy (non-hydrogen) atoms. The minimum atomic E-state index is -0.0638. The summed E-state index contributed by atoms with van der Waals surface area (Å²) in [6.45, 7) is 4.51. The summed E-state index contributed by atoms with van der Waals surface area (Å²) in [4.78, 5) is 7.66. The van der Waals surface area contributed by atoms with Crippen LogP contribution in [-0.4, -0.2) is 55.4 Å². The van der Waals surface area contributed by atoms with Gasteiger partial charge in [-0.05, 0) is 34.0 Å². The van der Waals surface area contributed by atoms with E-state index in [-0.39, 0.29) is 11.9 Å². The van der Waals surface area contributed by atoms with E-state index in [4.69, 9.17) is 16.9 Å². The quantitative estimate of drug-likeness (QED) is 0.423. The van der Waals surface area contributed by atoms with Crippen molar-refractivity contribution in [3.63, 3.8) is 0 Å². The van der Waals surface area contributed by atoms with Crippen LogP contribution in [-0.2, 0) is 0 Å². The van der Waals surface area contributed by atoms with Crippen LogP contribution >= 0.6 is 0 Å². The molecule has 0 amide bonds. The van der Waals surface area contributed by atoms with Crippen molar-refractivity contribution in [1.29, 1.82) is 5.41 Å². The first-order valence-electron chi connectivity index (χ1n) is 5.05. The monoisotopic (exact) mass is 214 g/mol. The number of rotatable bonds is 5. The van der Waals surface area contributed by atoms with Crippen molar-refractivity contribution in [1.82, 2.24) is 9.80 Å². The highest BCUT2D eigenvalue weighted by atomic mass is 15.3.